The van der Waals surface area contributed by atoms with Crippen LogP contribution >= 0.6 is 38.5 Å². The minimum Gasteiger partial charge on any atom is -0.370 e. The van der Waals surface area contributed by atoms with Crippen molar-refractivity contribution in [3.05, 3.63) is 26.2 Å². The third-order valence-corrected chi connectivity index (χ3v) is 3.83. The number of nitrogens with zero attached hydrogens (tertiary/aromatic N) is 1. The molecule has 0 aliphatic heterocycles. The van der Waals surface area contributed by atoms with Gasteiger partial charge in [-0.25, -0.2) is 0 Å². The number of hydrogen-bond acceptors (Lipinski definition) is 2. The summed E-state index contributed by atoms with van der Waals surface area (Å²) in [6, 6.07) is 7.88. The van der Waals surface area contributed by atoms with E-state index in [1.54, 1.807) is 0 Å². The van der Waals surface area contributed by atoms with E-state index in [-0.39, 0.29) is 6.04 Å². The first-order valence-electron chi connectivity index (χ1n) is 3.74. The summed E-state index contributed by atoms with van der Waals surface area (Å²) < 4.78 is 2.20. The van der Waals surface area contributed by atoms with Crippen LogP contribution in [-0.4, -0.2) is 6.04 Å². The molecule has 4 heteroatoms. The number of anilines is 1. The Morgan fingerprint density at radius 1 is 1.62 bits per heavy atom. The summed E-state index contributed by atoms with van der Waals surface area (Å²) in [5, 5.41) is 11.7. The zero-order chi connectivity index (χ0) is 9.84. The van der Waals surface area contributed by atoms with E-state index in [1.807, 2.05) is 25.1 Å². The van der Waals surface area contributed by atoms with Crippen molar-refractivity contribution < 1.29 is 0 Å². The van der Waals surface area contributed by atoms with Crippen molar-refractivity contribution in [3.8, 4) is 6.07 Å². The predicted octanol–water partition coefficient (Wildman–Crippen LogP) is 3.38. The lowest BCUT2D eigenvalue weighted by molar-refractivity contribution is 1.01. The van der Waals surface area contributed by atoms with Crippen molar-refractivity contribution >= 4 is 44.2 Å². The second-order valence-corrected chi connectivity index (χ2v) is 4.64. The van der Waals surface area contributed by atoms with Gasteiger partial charge in [-0.05, 0) is 63.6 Å². The van der Waals surface area contributed by atoms with Crippen LogP contribution in [0.3, 0.4) is 0 Å². The summed E-state index contributed by atoms with van der Waals surface area (Å²) in [7, 11) is 0. The fourth-order valence-electron chi connectivity index (χ4n) is 0.868. The topological polar surface area (TPSA) is 35.8 Å². The molecule has 0 aliphatic rings. The molecule has 0 fully saturated rings. The van der Waals surface area contributed by atoms with Gasteiger partial charge in [0.15, 0.2) is 0 Å². The Morgan fingerprint density at radius 2 is 2.31 bits per heavy atom. The van der Waals surface area contributed by atoms with Gasteiger partial charge < -0.3 is 5.32 Å². The molecule has 13 heavy (non-hydrogen) atoms. The van der Waals surface area contributed by atoms with Gasteiger partial charge in [-0.2, -0.15) is 5.26 Å². The first-order valence-corrected chi connectivity index (χ1v) is 5.62. The molecule has 0 spiro atoms. The standard InChI is InChI=1S/C9H8BrIN2/c1-6(5-12)13-7-2-3-9(11)8(10)4-7/h2-4,6,13H,1H3. The second kappa shape index (κ2) is 4.82. The maximum Gasteiger partial charge on any atom is 0.111 e. The highest BCUT2D eigenvalue weighted by atomic mass is 127. The van der Waals surface area contributed by atoms with E-state index in [0.29, 0.717) is 0 Å². The molecule has 0 aromatic heterocycles. The lowest BCUT2D eigenvalue weighted by atomic mass is 10.3. The van der Waals surface area contributed by atoms with E-state index in [1.165, 1.54) is 0 Å². The van der Waals surface area contributed by atoms with E-state index in [0.717, 1.165) is 13.7 Å². The van der Waals surface area contributed by atoms with Gasteiger partial charge in [-0.15, -0.1) is 0 Å². The molecular formula is C9H8BrIN2. The van der Waals surface area contributed by atoms with Gasteiger partial charge in [-0.1, -0.05) is 0 Å². The van der Waals surface area contributed by atoms with Gasteiger partial charge in [-0.3, -0.25) is 0 Å². The van der Waals surface area contributed by atoms with Crippen LogP contribution in [0.4, 0.5) is 5.69 Å². The smallest absolute Gasteiger partial charge is 0.111 e. The molecule has 0 radical (unpaired) electrons. The number of rotatable bonds is 2. The summed E-state index contributed by atoms with van der Waals surface area (Å²) in [4.78, 5) is 0. The van der Waals surface area contributed by atoms with Gasteiger partial charge >= 0.3 is 0 Å². The zero-order valence-corrected chi connectivity index (χ0v) is 10.8. The number of hydrogen-bond donors (Lipinski definition) is 1. The molecule has 0 saturated carbocycles. The monoisotopic (exact) mass is 350 g/mol. The number of nitrogens with one attached hydrogen (secondary N) is 1. The molecule has 0 amide bonds. The highest BCUT2D eigenvalue weighted by Crippen LogP contribution is 2.23. The van der Waals surface area contributed by atoms with E-state index < -0.39 is 0 Å². The SMILES string of the molecule is CC(C#N)Nc1ccc(I)c(Br)c1. The van der Waals surface area contributed by atoms with Gasteiger partial charge in [0.05, 0.1) is 6.07 Å². The highest BCUT2D eigenvalue weighted by Gasteiger charge is 2.01. The van der Waals surface area contributed by atoms with Crippen LogP contribution in [0.15, 0.2) is 22.7 Å². The Morgan fingerprint density at radius 3 is 2.85 bits per heavy atom. The van der Waals surface area contributed by atoms with Crippen LogP contribution in [0.5, 0.6) is 0 Å². The number of benzene rings is 1. The van der Waals surface area contributed by atoms with Crippen molar-refractivity contribution in [1.82, 2.24) is 0 Å². The van der Waals surface area contributed by atoms with Crippen LogP contribution in [0, 0.1) is 14.9 Å². The third kappa shape index (κ3) is 3.16. The average Bonchev–Trinajstić information content (AvgIpc) is 2.11. The summed E-state index contributed by atoms with van der Waals surface area (Å²) in [6.45, 7) is 1.83. The van der Waals surface area contributed by atoms with Crippen molar-refractivity contribution in [2.24, 2.45) is 0 Å². The van der Waals surface area contributed by atoms with Crippen molar-refractivity contribution in [3.63, 3.8) is 0 Å². The molecule has 1 atom stereocenters. The minimum absolute atomic E-state index is 0.160. The zero-order valence-electron chi connectivity index (χ0n) is 7.01. The molecule has 1 unspecified atom stereocenters. The van der Waals surface area contributed by atoms with Crippen LogP contribution < -0.4 is 5.32 Å². The van der Waals surface area contributed by atoms with Crippen LogP contribution in [-0.2, 0) is 0 Å². The summed E-state index contributed by atoms with van der Waals surface area (Å²) in [5.41, 5.74) is 0.960. The summed E-state index contributed by atoms with van der Waals surface area (Å²) in [5.74, 6) is 0. The van der Waals surface area contributed by atoms with E-state index in [9.17, 15) is 0 Å². The maximum absolute atomic E-state index is 8.59. The Bertz CT molecular complexity index is 346. The quantitative estimate of drug-likeness (QED) is 0.830. The third-order valence-electron chi connectivity index (χ3n) is 1.50. The predicted molar refractivity (Wildman–Crippen MR) is 65.6 cm³/mol. The summed E-state index contributed by atoms with van der Waals surface area (Å²) >= 11 is 5.67. The van der Waals surface area contributed by atoms with Crippen molar-refractivity contribution in [2.75, 3.05) is 5.32 Å². The normalized spacial score (nSPS) is 11.8. The Balaban J connectivity index is 2.81. The van der Waals surface area contributed by atoms with Crippen LogP contribution in [0.25, 0.3) is 0 Å². The molecule has 1 N–H and O–H groups in total. The average molecular weight is 351 g/mol. The molecule has 2 nitrogen and oxygen atoms in total. The largest absolute Gasteiger partial charge is 0.370 e. The lowest BCUT2D eigenvalue weighted by Crippen LogP contribution is -2.11. The van der Waals surface area contributed by atoms with Crippen molar-refractivity contribution in [1.29, 1.82) is 5.26 Å². The molecule has 1 aromatic carbocycles. The first-order chi connectivity index (χ1) is 6.13. The van der Waals surface area contributed by atoms with E-state index in [4.69, 9.17) is 5.26 Å². The van der Waals surface area contributed by atoms with E-state index >= 15 is 0 Å². The molecule has 0 aliphatic carbocycles. The van der Waals surface area contributed by atoms with E-state index in [2.05, 4.69) is 49.9 Å². The Hall–Kier alpha value is -0.280. The number of nitriles is 1. The first kappa shape index (κ1) is 10.8. The van der Waals surface area contributed by atoms with Gasteiger partial charge in [0, 0.05) is 13.7 Å². The second-order valence-electron chi connectivity index (χ2n) is 2.62. The Kier molecular flexibility index (Phi) is 4.00. The van der Waals surface area contributed by atoms with Crippen LogP contribution in [0.1, 0.15) is 6.92 Å². The highest BCUT2D eigenvalue weighted by molar-refractivity contribution is 14.1. The fraction of sp³-hybridized carbons (Fsp3) is 0.222. The minimum atomic E-state index is -0.160. The Labute approximate surface area is 99.6 Å². The molecule has 68 valence electrons. The van der Waals surface area contributed by atoms with Gasteiger partial charge in [0.25, 0.3) is 0 Å². The van der Waals surface area contributed by atoms with Gasteiger partial charge in [0.1, 0.15) is 6.04 Å². The lowest BCUT2D eigenvalue weighted by Gasteiger charge is -2.08. The van der Waals surface area contributed by atoms with Crippen LogP contribution in [0.2, 0.25) is 0 Å². The molecule has 1 aromatic rings. The number of halogens is 2. The molecule has 0 saturated heterocycles. The fourth-order valence-corrected chi connectivity index (χ4v) is 1.58. The molecular weight excluding hydrogens is 343 g/mol. The molecule has 0 bridgehead atoms. The maximum atomic E-state index is 8.59. The molecule has 0 heterocycles. The molecule has 1 rings (SSSR count). The summed E-state index contributed by atoms with van der Waals surface area (Å²) in [6.07, 6.45) is 0. The van der Waals surface area contributed by atoms with Gasteiger partial charge in [0.2, 0.25) is 0 Å². The van der Waals surface area contributed by atoms with Crippen molar-refractivity contribution in [2.45, 2.75) is 13.0 Å².